The number of nitrogens with zero attached hydrogens (tertiary/aromatic N) is 3. The molecule has 1 aromatic carbocycles. The molecule has 6 rings (SSSR count). The molecule has 1 fully saturated rings. The Morgan fingerprint density at radius 3 is 2.48 bits per heavy atom. The molecule has 0 bridgehead atoms. The fraction of sp³-hybridized carbons (Fsp3) is 0.375. The third kappa shape index (κ3) is 5.26. The zero-order valence-corrected chi connectivity index (χ0v) is 24.6. The summed E-state index contributed by atoms with van der Waals surface area (Å²) in [4.78, 5) is 29.8. The van der Waals surface area contributed by atoms with E-state index in [1.807, 2.05) is 0 Å². The molecule has 2 aromatic heterocycles. The molecule has 2 heterocycles. The summed E-state index contributed by atoms with van der Waals surface area (Å²) in [6.45, 7) is 2.31. The summed E-state index contributed by atoms with van der Waals surface area (Å²) in [5, 5.41) is 6.38. The van der Waals surface area contributed by atoms with Gasteiger partial charge in [0.1, 0.15) is 35.4 Å². The van der Waals surface area contributed by atoms with Gasteiger partial charge in [-0.15, -0.1) is 0 Å². The molecule has 2 unspecified atom stereocenters. The van der Waals surface area contributed by atoms with Gasteiger partial charge in [0.25, 0.3) is 18.3 Å². The van der Waals surface area contributed by atoms with Gasteiger partial charge in [-0.3, -0.25) is 19.3 Å². The number of amides is 2. The van der Waals surface area contributed by atoms with E-state index in [0.717, 1.165) is 12.1 Å². The lowest BCUT2D eigenvalue weighted by Crippen LogP contribution is -2.35. The number of alkyl halides is 4. The summed E-state index contributed by atoms with van der Waals surface area (Å²) in [5.41, 5.74) is 3.16. The van der Waals surface area contributed by atoms with Gasteiger partial charge in [0.15, 0.2) is 0 Å². The first-order chi connectivity index (χ1) is 21.6. The number of nitrogens with one attached hydrogen (secondary N) is 1. The van der Waals surface area contributed by atoms with E-state index in [4.69, 9.17) is 5.73 Å². The van der Waals surface area contributed by atoms with Gasteiger partial charge in [0.05, 0.1) is 17.3 Å². The molecule has 0 spiro atoms. The lowest BCUT2D eigenvalue weighted by molar-refractivity contribution is -0.123. The second-order valence-electron chi connectivity index (χ2n) is 12.3. The first-order valence-electron chi connectivity index (χ1n) is 14.5. The van der Waals surface area contributed by atoms with Crippen LogP contribution in [0.1, 0.15) is 72.9 Å². The number of halogens is 7. The molecule has 0 saturated heterocycles. The van der Waals surface area contributed by atoms with Gasteiger partial charge >= 0.3 is 0 Å². The monoisotopic (exact) mass is 647 g/mol. The van der Waals surface area contributed by atoms with Crippen molar-refractivity contribution in [2.75, 3.05) is 0 Å². The normalized spacial score (nSPS) is 23.6. The lowest BCUT2D eigenvalue weighted by Gasteiger charge is -2.26. The van der Waals surface area contributed by atoms with Crippen LogP contribution in [0, 0.1) is 23.5 Å². The topological polar surface area (TPSA) is 103 Å². The highest BCUT2D eigenvalue weighted by Gasteiger charge is 2.74. The number of carbonyl (C=O) groups is 2. The predicted molar refractivity (Wildman–Crippen MR) is 151 cm³/mol. The molecular weight excluding hydrogens is 619 g/mol. The Balaban J connectivity index is 1.39. The van der Waals surface area contributed by atoms with E-state index in [1.54, 1.807) is 19.1 Å². The van der Waals surface area contributed by atoms with E-state index in [1.165, 1.54) is 19.2 Å². The summed E-state index contributed by atoms with van der Waals surface area (Å²) in [6.07, 6.45) is -0.868. The third-order valence-corrected chi connectivity index (χ3v) is 9.09. The van der Waals surface area contributed by atoms with Crippen LogP contribution in [-0.2, 0) is 33.9 Å². The second kappa shape index (κ2) is 11.1. The number of aromatic nitrogens is 3. The van der Waals surface area contributed by atoms with Gasteiger partial charge in [-0.1, -0.05) is 19.9 Å². The maximum atomic E-state index is 15.3. The summed E-state index contributed by atoms with van der Waals surface area (Å²) in [6, 6.07) is 4.74. The summed E-state index contributed by atoms with van der Waals surface area (Å²) < 4.78 is 102. The van der Waals surface area contributed by atoms with Crippen molar-refractivity contribution in [2.24, 2.45) is 17.6 Å². The average molecular weight is 648 g/mol. The van der Waals surface area contributed by atoms with Crippen molar-refractivity contribution in [3.05, 3.63) is 99.4 Å². The molecular formula is C32H28F7N5O2. The number of nitrogens with two attached hydrogens (primary N) is 1. The number of benzene rings is 1. The first kappa shape index (κ1) is 31.5. The average Bonchev–Trinajstić information content (AvgIpc) is 3.45. The highest BCUT2D eigenvalue weighted by molar-refractivity contribution is 5.98. The summed E-state index contributed by atoms with van der Waals surface area (Å²) >= 11 is 0. The quantitative estimate of drug-likeness (QED) is 0.274. The van der Waals surface area contributed by atoms with E-state index in [2.05, 4.69) is 15.4 Å². The van der Waals surface area contributed by atoms with Gasteiger partial charge in [0.2, 0.25) is 5.91 Å². The molecule has 3 aromatic rings. The van der Waals surface area contributed by atoms with E-state index >= 15 is 8.78 Å². The van der Waals surface area contributed by atoms with Crippen LogP contribution in [0.15, 0.2) is 54.0 Å². The van der Waals surface area contributed by atoms with Crippen LogP contribution in [0.2, 0.25) is 0 Å². The first-order valence-corrected chi connectivity index (χ1v) is 14.5. The Morgan fingerprint density at radius 2 is 1.83 bits per heavy atom. The molecule has 4 atom stereocenters. The fourth-order valence-corrected chi connectivity index (χ4v) is 6.89. The minimum absolute atomic E-state index is 0.0180. The molecule has 14 heteroatoms. The summed E-state index contributed by atoms with van der Waals surface area (Å²) in [7, 11) is 0. The highest BCUT2D eigenvalue weighted by Crippen LogP contribution is 2.71. The van der Waals surface area contributed by atoms with Gasteiger partial charge in [-0.2, -0.15) is 13.9 Å². The van der Waals surface area contributed by atoms with Crippen LogP contribution < -0.4 is 11.1 Å². The number of hydrogen-bond acceptors (Lipinski definition) is 4. The fourth-order valence-electron chi connectivity index (χ4n) is 6.89. The number of carbonyl (C=O) groups excluding carboxylic acids is 2. The molecule has 3 aliphatic rings. The lowest BCUT2D eigenvalue weighted by atomic mass is 9.82. The number of allylic oxidation sites excluding steroid dienone is 2. The largest absolute Gasteiger partial charge is 0.366 e. The molecule has 1 saturated carbocycles. The van der Waals surface area contributed by atoms with Gasteiger partial charge in [-0.25, -0.2) is 22.0 Å². The maximum absolute atomic E-state index is 15.3. The van der Waals surface area contributed by atoms with Crippen molar-refractivity contribution in [1.82, 2.24) is 20.1 Å². The minimum atomic E-state index is -3.48. The van der Waals surface area contributed by atoms with Crippen molar-refractivity contribution in [3.63, 3.8) is 0 Å². The molecule has 3 N–H and O–H groups in total. The number of hydrogen-bond donors (Lipinski definition) is 2. The number of rotatable bonds is 9. The molecule has 7 nitrogen and oxygen atoms in total. The third-order valence-electron chi connectivity index (χ3n) is 9.09. The minimum Gasteiger partial charge on any atom is -0.366 e. The Morgan fingerprint density at radius 1 is 1.13 bits per heavy atom. The number of pyridine rings is 1. The Kier molecular flexibility index (Phi) is 7.59. The van der Waals surface area contributed by atoms with Crippen molar-refractivity contribution in [3.8, 4) is 0 Å². The maximum Gasteiger partial charge on any atom is 0.293 e. The number of fused-ring (bicyclic) bond motifs is 3. The zero-order valence-electron chi connectivity index (χ0n) is 24.6. The van der Waals surface area contributed by atoms with Crippen molar-refractivity contribution in [1.29, 1.82) is 0 Å². The molecule has 2 amide bonds. The molecule has 46 heavy (non-hydrogen) atoms. The van der Waals surface area contributed by atoms with Crippen LogP contribution >= 0.6 is 0 Å². The molecule has 3 aliphatic carbocycles. The molecule has 0 radical (unpaired) electrons. The highest BCUT2D eigenvalue weighted by atomic mass is 19.3. The van der Waals surface area contributed by atoms with Crippen LogP contribution in [0.5, 0.6) is 0 Å². The van der Waals surface area contributed by atoms with E-state index in [9.17, 15) is 31.5 Å². The Bertz CT molecular complexity index is 1810. The van der Waals surface area contributed by atoms with Gasteiger partial charge < -0.3 is 11.1 Å². The van der Waals surface area contributed by atoms with Crippen molar-refractivity contribution in [2.45, 2.75) is 63.5 Å². The summed E-state index contributed by atoms with van der Waals surface area (Å²) in [5.74, 6) is -9.54. The Labute approximate surface area is 258 Å². The predicted octanol–water partition coefficient (Wildman–Crippen LogP) is 6.11. The van der Waals surface area contributed by atoms with Crippen LogP contribution in [0.3, 0.4) is 0 Å². The van der Waals surface area contributed by atoms with Crippen LogP contribution in [0.25, 0.3) is 5.57 Å². The van der Waals surface area contributed by atoms with Crippen LogP contribution in [-0.4, -0.2) is 26.6 Å². The smallest absolute Gasteiger partial charge is 0.293 e. The second-order valence-corrected chi connectivity index (χ2v) is 12.3. The molecule has 0 aliphatic heterocycles. The van der Waals surface area contributed by atoms with Crippen molar-refractivity contribution >= 4 is 17.4 Å². The standard InChI is InChI=1S/C32H28F7N5O2/c1-14-6-21(35)20(30(40)46)11-19(14)18-4-3-5-41-26(18)22(9-15-7-16(33)10-17(34)8-15)42-24(45)13-44-28-25(27(43-44)29(36)37)31(2)12-23(31)32(28,38)39/h3-5,7-8,10-11,14,22-23,29H,6,9,12-13H2,1-2H3,(H2,40,46)(H,42,45)/t14?,22-,23+,31?/m0/s1. The van der Waals surface area contributed by atoms with Crippen LogP contribution in [0.4, 0.5) is 30.7 Å². The zero-order chi connectivity index (χ0) is 33.3. The van der Waals surface area contributed by atoms with Crippen molar-refractivity contribution < 1.29 is 40.3 Å². The SMILES string of the molecule is CC1CC(F)=C(C(N)=O)C=C1c1cccnc1[C@H](Cc1cc(F)cc(F)c1)NC(=O)Cn1nc(C(F)F)c2c1C(F)(F)[C@@H]1CC21C. The molecule has 242 valence electrons. The van der Waals surface area contributed by atoms with Gasteiger partial charge in [-0.05, 0) is 54.2 Å². The van der Waals surface area contributed by atoms with E-state index in [0.29, 0.717) is 21.9 Å². The number of primary amides is 1. The van der Waals surface area contributed by atoms with E-state index in [-0.39, 0.29) is 41.7 Å². The van der Waals surface area contributed by atoms with Gasteiger partial charge in [0, 0.05) is 41.1 Å². The Hall–Kier alpha value is -4.49. The van der Waals surface area contributed by atoms with E-state index < -0.39 is 82.8 Å².